The number of ether oxygens (including phenoxy) is 1. The summed E-state index contributed by atoms with van der Waals surface area (Å²) < 4.78 is 44.7. The molecule has 5 nitrogen and oxygen atoms in total. The van der Waals surface area contributed by atoms with E-state index in [2.05, 4.69) is 4.98 Å². The topological polar surface area (TPSA) is 47.4 Å². The molecule has 1 aromatic carbocycles. The number of rotatable bonds is 2. The van der Waals surface area contributed by atoms with Gasteiger partial charge in [-0.2, -0.15) is 13.2 Å². The van der Waals surface area contributed by atoms with Crippen molar-refractivity contribution in [2.45, 2.75) is 25.9 Å². The van der Waals surface area contributed by atoms with E-state index >= 15 is 0 Å². The average molecular weight is 394 g/mol. The summed E-state index contributed by atoms with van der Waals surface area (Å²) in [7, 11) is 0. The fraction of sp³-hybridized carbons (Fsp3) is 0.333. The maximum Gasteiger partial charge on any atom is 0.434 e. The van der Waals surface area contributed by atoms with Gasteiger partial charge < -0.3 is 9.30 Å². The Morgan fingerprint density at radius 1 is 1.20 bits per heavy atom. The molecular formula is C15H12Cl2F3N3O2. The van der Waals surface area contributed by atoms with Crippen molar-refractivity contribution in [1.29, 1.82) is 0 Å². The third kappa shape index (κ3) is 4.19. The number of benzene rings is 1. The van der Waals surface area contributed by atoms with Crippen LogP contribution in [0.2, 0.25) is 10.0 Å². The standard InChI is InChI=1S/C15H12Cl2F3N3O2/c16-10-3-9(4-11(17)5-10)8-25-14(24)23-2-1-22-6-12(15(18,19)20)21-13(22)7-23/h3-6H,1-2,7-8H2. The molecule has 0 saturated carbocycles. The van der Waals surface area contributed by atoms with Gasteiger partial charge in [0, 0.05) is 29.3 Å². The van der Waals surface area contributed by atoms with Gasteiger partial charge in [-0.1, -0.05) is 23.2 Å². The monoisotopic (exact) mass is 393 g/mol. The first-order valence-electron chi connectivity index (χ1n) is 7.22. The molecule has 0 saturated heterocycles. The molecule has 1 aliphatic rings. The van der Waals surface area contributed by atoms with Gasteiger partial charge in [0.05, 0.1) is 6.54 Å². The summed E-state index contributed by atoms with van der Waals surface area (Å²) >= 11 is 11.7. The smallest absolute Gasteiger partial charge is 0.434 e. The van der Waals surface area contributed by atoms with Crippen LogP contribution < -0.4 is 0 Å². The van der Waals surface area contributed by atoms with E-state index < -0.39 is 18.0 Å². The lowest BCUT2D eigenvalue weighted by atomic mass is 10.2. The van der Waals surface area contributed by atoms with E-state index in [4.69, 9.17) is 27.9 Å². The van der Waals surface area contributed by atoms with Gasteiger partial charge in [0.2, 0.25) is 0 Å². The average Bonchev–Trinajstić information content (AvgIpc) is 2.95. The lowest BCUT2D eigenvalue weighted by molar-refractivity contribution is -0.141. The van der Waals surface area contributed by atoms with Gasteiger partial charge in [0.15, 0.2) is 5.69 Å². The molecule has 25 heavy (non-hydrogen) atoms. The number of hydrogen-bond donors (Lipinski definition) is 0. The summed E-state index contributed by atoms with van der Waals surface area (Å²) in [5, 5.41) is 0.830. The summed E-state index contributed by atoms with van der Waals surface area (Å²) in [6.07, 6.45) is -4.20. The SMILES string of the molecule is O=C(OCc1cc(Cl)cc(Cl)c1)N1CCn2cc(C(F)(F)F)nc2C1. The Kier molecular flexibility index (Phi) is 4.83. The van der Waals surface area contributed by atoms with Gasteiger partial charge in [-0.3, -0.25) is 4.90 Å². The second-order valence-electron chi connectivity index (χ2n) is 5.49. The minimum absolute atomic E-state index is 0.0438. The van der Waals surface area contributed by atoms with Crippen molar-refractivity contribution in [3.8, 4) is 0 Å². The predicted octanol–water partition coefficient (Wildman–Crippen LogP) is 4.36. The van der Waals surface area contributed by atoms with Gasteiger partial charge in [-0.25, -0.2) is 9.78 Å². The second kappa shape index (κ2) is 6.76. The molecule has 134 valence electrons. The molecule has 0 radical (unpaired) electrons. The van der Waals surface area contributed by atoms with Crippen molar-refractivity contribution >= 4 is 29.3 Å². The van der Waals surface area contributed by atoms with E-state index in [0.717, 1.165) is 6.20 Å². The lowest BCUT2D eigenvalue weighted by Gasteiger charge is -2.26. The fourth-order valence-electron chi connectivity index (χ4n) is 2.48. The van der Waals surface area contributed by atoms with Crippen molar-refractivity contribution in [2.75, 3.05) is 6.54 Å². The van der Waals surface area contributed by atoms with E-state index in [-0.39, 0.29) is 32.1 Å². The van der Waals surface area contributed by atoms with E-state index in [9.17, 15) is 18.0 Å². The Labute approximate surface area is 150 Å². The molecule has 0 bridgehead atoms. The van der Waals surface area contributed by atoms with E-state index in [0.29, 0.717) is 15.6 Å². The third-order valence-corrected chi connectivity index (χ3v) is 4.07. The zero-order valence-corrected chi connectivity index (χ0v) is 14.2. The fourth-order valence-corrected chi connectivity index (χ4v) is 3.05. The highest BCUT2D eigenvalue weighted by Gasteiger charge is 2.36. The molecule has 2 aromatic rings. The van der Waals surface area contributed by atoms with Crippen LogP contribution in [0.5, 0.6) is 0 Å². The Morgan fingerprint density at radius 2 is 1.88 bits per heavy atom. The Balaban J connectivity index is 1.63. The van der Waals surface area contributed by atoms with Gasteiger partial charge in [-0.15, -0.1) is 0 Å². The van der Waals surface area contributed by atoms with Gasteiger partial charge in [0.25, 0.3) is 0 Å². The molecule has 1 amide bonds. The first-order chi connectivity index (χ1) is 11.7. The molecule has 0 atom stereocenters. The predicted molar refractivity (Wildman–Crippen MR) is 84.3 cm³/mol. The Bertz CT molecular complexity index is 788. The molecule has 3 rings (SSSR count). The quantitative estimate of drug-likeness (QED) is 0.761. The summed E-state index contributed by atoms with van der Waals surface area (Å²) in [6.45, 7) is 0.357. The molecule has 1 aliphatic heterocycles. The van der Waals surface area contributed by atoms with Crippen molar-refractivity contribution in [3.63, 3.8) is 0 Å². The van der Waals surface area contributed by atoms with Crippen molar-refractivity contribution in [3.05, 3.63) is 51.5 Å². The van der Waals surface area contributed by atoms with Crippen LogP contribution in [0.25, 0.3) is 0 Å². The van der Waals surface area contributed by atoms with Crippen LogP contribution in [0.4, 0.5) is 18.0 Å². The van der Waals surface area contributed by atoms with Crippen LogP contribution in [0.15, 0.2) is 24.4 Å². The summed E-state index contributed by atoms with van der Waals surface area (Å²) in [5.74, 6) is 0.168. The van der Waals surface area contributed by atoms with Gasteiger partial charge in [0.1, 0.15) is 12.4 Å². The number of fused-ring (bicyclic) bond motifs is 1. The number of hydrogen-bond acceptors (Lipinski definition) is 3. The van der Waals surface area contributed by atoms with Crippen LogP contribution in [0.1, 0.15) is 17.1 Å². The number of imidazole rings is 1. The molecule has 0 unspecified atom stereocenters. The molecule has 0 aliphatic carbocycles. The Hall–Kier alpha value is -1.93. The number of aromatic nitrogens is 2. The van der Waals surface area contributed by atoms with Crippen LogP contribution >= 0.6 is 23.2 Å². The number of amides is 1. The zero-order valence-electron chi connectivity index (χ0n) is 12.7. The molecule has 0 spiro atoms. The highest BCUT2D eigenvalue weighted by molar-refractivity contribution is 6.34. The molecule has 2 heterocycles. The lowest BCUT2D eigenvalue weighted by Crippen LogP contribution is -2.38. The first kappa shape index (κ1) is 17.9. The van der Waals surface area contributed by atoms with E-state index in [1.807, 2.05) is 0 Å². The van der Waals surface area contributed by atoms with Crippen molar-refractivity contribution in [2.24, 2.45) is 0 Å². The number of nitrogens with zero attached hydrogens (tertiary/aromatic N) is 3. The minimum Gasteiger partial charge on any atom is -0.445 e. The van der Waals surface area contributed by atoms with Gasteiger partial charge >= 0.3 is 12.3 Å². The number of carbonyl (C=O) groups is 1. The highest BCUT2D eigenvalue weighted by Crippen LogP contribution is 2.29. The van der Waals surface area contributed by atoms with E-state index in [1.54, 1.807) is 18.2 Å². The summed E-state index contributed by atoms with van der Waals surface area (Å²) in [4.78, 5) is 17.0. The molecule has 1 aromatic heterocycles. The Morgan fingerprint density at radius 3 is 2.52 bits per heavy atom. The number of carbonyl (C=O) groups excluding carboxylic acids is 1. The normalized spacial score (nSPS) is 14.4. The van der Waals surface area contributed by atoms with Crippen molar-refractivity contribution in [1.82, 2.24) is 14.5 Å². The van der Waals surface area contributed by atoms with Crippen LogP contribution in [0.3, 0.4) is 0 Å². The van der Waals surface area contributed by atoms with Gasteiger partial charge in [-0.05, 0) is 23.8 Å². The highest BCUT2D eigenvalue weighted by atomic mass is 35.5. The summed E-state index contributed by atoms with van der Waals surface area (Å²) in [6, 6.07) is 4.77. The third-order valence-electron chi connectivity index (χ3n) is 3.64. The largest absolute Gasteiger partial charge is 0.445 e. The first-order valence-corrected chi connectivity index (χ1v) is 7.98. The zero-order chi connectivity index (χ0) is 18.2. The maximum atomic E-state index is 12.7. The molecule has 10 heteroatoms. The number of alkyl halides is 3. The van der Waals surface area contributed by atoms with E-state index in [1.165, 1.54) is 9.47 Å². The minimum atomic E-state index is -4.51. The van der Waals surface area contributed by atoms with Crippen LogP contribution in [-0.4, -0.2) is 27.1 Å². The summed E-state index contributed by atoms with van der Waals surface area (Å²) in [5.41, 5.74) is -0.352. The second-order valence-corrected chi connectivity index (χ2v) is 6.36. The molecule has 0 N–H and O–H groups in total. The maximum absolute atomic E-state index is 12.7. The number of halogens is 5. The van der Waals surface area contributed by atoms with Crippen LogP contribution in [-0.2, 0) is 30.6 Å². The molecule has 0 fully saturated rings. The van der Waals surface area contributed by atoms with Crippen molar-refractivity contribution < 1.29 is 22.7 Å². The van der Waals surface area contributed by atoms with Crippen LogP contribution in [0, 0.1) is 0 Å². The molecular weight excluding hydrogens is 382 g/mol.